The molecule has 1 aliphatic rings. The molecule has 184 valence electrons. The Morgan fingerprint density at radius 1 is 1.29 bits per heavy atom. The third-order valence-electron chi connectivity index (χ3n) is 5.14. The highest BCUT2D eigenvalue weighted by Crippen LogP contribution is 2.31. The molecule has 1 aromatic carbocycles. The van der Waals surface area contributed by atoms with E-state index in [1.54, 1.807) is 17.2 Å². The second-order valence-electron chi connectivity index (χ2n) is 9.25. The van der Waals surface area contributed by atoms with Crippen LogP contribution in [0.4, 0.5) is 9.18 Å². The third-order valence-corrected chi connectivity index (χ3v) is 6.59. The van der Waals surface area contributed by atoms with E-state index in [0.29, 0.717) is 23.8 Å². The number of benzene rings is 1. The number of rotatable bonds is 5. The van der Waals surface area contributed by atoms with Crippen LogP contribution in [0.2, 0.25) is 5.02 Å². The fourth-order valence-corrected chi connectivity index (χ4v) is 4.49. The van der Waals surface area contributed by atoms with Crippen molar-refractivity contribution in [3.05, 3.63) is 58.6 Å². The molecule has 1 amide bonds. The number of ether oxygens (including phenoxy) is 2. The van der Waals surface area contributed by atoms with Crippen molar-refractivity contribution in [3.8, 4) is 5.75 Å². The molecule has 1 aromatic heterocycles. The normalized spacial score (nSPS) is 16.7. The molecule has 0 N–H and O–H groups in total. The summed E-state index contributed by atoms with van der Waals surface area (Å²) in [5.74, 6) is -0.664. The molecule has 1 aliphatic heterocycles. The van der Waals surface area contributed by atoms with Gasteiger partial charge in [-0.25, -0.2) is 17.6 Å². The molecule has 1 unspecified atom stereocenters. The van der Waals surface area contributed by atoms with Crippen molar-refractivity contribution in [1.82, 2.24) is 9.88 Å². The number of carbonyl (C=O) groups is 1. The first-order valence-corrected chi connectivity index (χ1v) is 13.0. The molecular weight excluding hydrogens is 483 g/mol. The van der Waals surface area contributed by atoms with Crippen LogP contribution in [-0.4, -0.2) is 49.3 Å². The Labute approximate surface area is 204 Å². The Morgan fingerprint density at radius 3 is 2.56 bits per heavy atom. The molecular formula is C24H28ClFN2O5S. The van der Waals surface area contributed by atoms with E-state index >= 15 is 0 Å². The average molecular weight is 511 g/mol. The van der Waals surface area contributed by atoms with Crippen molar-refractivity contribution in [2.45, 2.75) is 44.8 Å². The molecule has 0 saturated heterocycles. The Kier molecular flexibility index (Phi) is 7.57. The summed E-state index contributed by atoms with van der Waals surface area (Å²) in [6.45, 7) is 8.43. The average Bonchev–Trinajstić information content (AvgIpc) is 2.70. The predicted molar refractivity (Wildman–Crippen MR) is 128 cm³/mol. The van der Waals surface area contributed by atoms with Gasteiger partial charge in [-0.15, -0.1) is 0 Å². The van der Waals surface area contributed by atoms with E-state index in [1.807, 2.05) is 33.8 Å². The van der Waals surface area contributed by atoms with Crippen LogP contribution in [-0.2, 0) is 21.2 Å². The van der Waals surface area contributed by atoms with Crippen molar-refractivity contribution < 1.29 is 27.1 Å². The summed E-state index contributed by atoms with van der Waals surface area (Å²) < 4.78 is 48.2. The van der Waals surface area contributed by atoms with Gasteiger partial charge in [0.25, 0.3) is 0 Å². The van der Waals surface area contributed by atoms with Crippen LogP contribution in [0, 0.1) is 11.7 Å². The van der Waals surface area contributed by atoms with Gasteiger partial charge in [0.1, 0.15) is 28.7 Å². The summed E-state index contributed by atoms with van der Waals surface area (Å²) in [7, 11) is -3.66. The van der Waals surface area contributed by atoms with Gasteiger partial charge < -0.3 is 14.4 Å². The lowest BCUT2D eigenvalue weighted by Crippen LogP contribution is -2.41. The summed E-state index contributed by atoms with van der Waals surface area (Å²) in [5, 5.41) is 0.383. The topological polar surface area (TPSA) is 85.8 Å². The summed E-state index contributed by atoms with van der Waals surface area (Å²) in [4.78, 5) is 18.0. The highest BCUT2D eigenvalue weighted by Gasteiger charge is 2.27. The second-order valence-corrected chi connectivity index (χ2v) is 11.6. The van der Waals surface area contributed by atoms with Crippen molar-refractivity contribution in [2.24, 2.45) is 5.92 Å². The molecule has 10 heteroatoms. The molecule has 34 heavy (non-hydrogen) atoms. The van der Waals surface area contributed by atoms with Gasteiger partial charge in [-0.3, -0.25) is 4.98 Å². The van der Waals surface area contributed by atoms with E-state index in [0.717, 1.165) is 29.5 Å². The fourth-order valence-electron chi connectivity index (χ4n) is 3.55. The molecule has 3 rings (SSSR count). The van der Waals surface area contributed by atoms with E-state index in [4.69, 9.17) is 21.1 Å². The molecule has 0 bridgehead atoms. The third kappa shape index (κ3) is 6.48. The van der Waals surface area contributed by atoms with Gasteiger partial charge in [-0.05, 0) is 56.0 Å². The first-order chi connectivity index (χ1) is 15.7. The van der Waals surface area contributed by atoms with Gasteiger partial charge in [0, 0.05) is 31.6 Å². The van der Waals surface area contributed by atoms with Crippen molar-refractivity contribution in [1.29, 1.82) is 0 Å². The number of sulfone groups is 1. The Bertz CT molecular complexity index is 1220. The molecule has 0 spiro atoms. The Morgan fingerprint density at radius 2 is 2.00 bits per heavy atom. The van der Waals surface area contributed by atoms with E-state index in [-0.39, 0.29) is 29.3 Å². The summed E-state index contributed by atoms with van der Waals surface area (Å²) in [6, 6.07) is 5.35. The summed E-state index contributed by atoms with van der Waals surface area (Å²) in [6.07, 6.45) is 4.24. The van der Waals surface area contributed by atoms with E-state index in [9.17, 15) is 17.6 Å². The zero-order valence-electron chi connectivity index (χ0n) is 19.8. The molecule has 0 aliphatic carbocycles. The smallest absolute Gasteiger partial charge is 0.410 e. The number of aromatic nitrogens is 1. The molecule has 0 radical (unpaired) electrons. The quantitative estimate of drug-likeness (QED) is 0.554. The lowest BCUT2D eigenvalue weighted by Gasteiger charge is -2.33. The second kappa shape index (κ2) is 9.92. The Balaban J connectivity index is 1.68. The minimum Gasteiger partial charge on any atom is -0.487 e. The maximum atomic E-state index is 14.1. The zero-order valence-corrected chi connectivity index (χ0v) is 21.3. The van der Waals surface area contributed by atoms with Crippen molar-refractivity contribution in [2.75, 3.05) is 19.3 Å². The first-order valence-electron chi connectivity index (χ1n) is 10.7. The number of carbonyl (C=O) groups excluding carboxylic acids is 1. The largest absolute Gasteiger partial charge is 0.487 e. The summed E-state index contributed by atoms with van der Waals surface area (Å²) in [5.41, 5.74) is 1.77. The van der Waals surface area contributed by atoms with Crippen LogP contribution < -0.4 is 4.74 Å². The lowest BCUT2D eigenvalue weighted by atomic mass is 9.91. The van der Waals surface area contributed by atoms with Gasteiger partial charge >= 0.3 is 6.09 Å². The molecule has 7 nitrogen and oxygen atoms in total. The minimum absolute atomic E-state index is 0.0161. The minimum atomic E-state index is -3.66. The van der Waals surface area contributed by atoms with Gasteiger partial charge in [0.15, 0.2) is 9.84 Å². The number of amides is 1. The van der Waals surface area contributed by atoms with Gasteiger partial charge in [0.2, 0.25) is 0 Å². The maximum Gasteiger partial charge on any atom is 0.410 e. The highest BCUT2D eigenvalue weighted by atomic mass is 35.5. The Hall–Kier alpha value is -2.65. The van der Waals surface area contributed by atoms with Crippen LogP contribution >= 0.6 is 11.6 Å². The molecule has 0 fully saturated rings. The van der Waals surface area contributed by atoms with Crippen molar-refractivity contribution >= 4 is 33.1 Å². The standard InChI is InChI=1S/C24H28ClFN2O5S/c1-15-13-28(23(29)33-24(2,3)4)9-8-18(15)16-10-19(25)21(27-12-16)14-32-17-6-7-22(20(26)11-17)34(5,30)31/h6-8,10-12,15H,9,13-14H2,1-5H3. The van der Waals surface area contributed by atoms with Gasteiger partial charge in [-0.2, -0.15) is 0 Å². The number of nitrogens with zero attached hydrogens (tertiary/aromatic N) is 2. The number of hydrogen-bond acceptors (Lipinski definition) is 6. The van der Waals surface area contributed by atoms with Crippen LogP contribution in [0.5, 0.6) is 5.75 Å². The highest BCUT2D eigenvalue weighted by molar-refractivity contribution is 7.90. The molecule has 0 saturated carbocycles. The number of pyridine rings is 1. The molecule has 2 aromatic rings. The van der Waals surface area contributed by atoms with Crippen LogP contribution in [0.1, 0.15) is 39.0 Å². The number of halogens is 2. The van der Waals surface area contributed by atoms with E-state index in [2.05, 4.69) is 4.98 Å². The van der Waals surface area contributed by atoms with Crippen molar-refractivity contribution in [3.63, 3.8) is 0 Å². The SMILES string of the molecule is CC1CN(C(=O)OC(C)(C)C)CC=C1c1cnc(COc2ccc(S(C)(=O)=O)c(F)c2)c(Cl)c1. The van der Waals surface area contributed by atoms with E-state index < -0.39 is 21.3 Å². The fraction of sp³-hybridized carbons (Fsp3) is 0.417. The maximum absolute atomic E-state index is 14.1. The van der Waals surface area contributed by atoms with Crippen LogP contribution in [0.25, 0.3) is 5.57 Å². The van der Waals surface area contributed by atoms with Crippen LogP contribution in [0.3, 0.4) is 0 Å². The van der Waals surface area contributed by atoms with E-state index in [1.165, 1.54) is 6.07 Å². The zero-order chi connectivity index (χ0) is 25.3. The first kappa shape index (κ1) is 26.0. The molecule has 1 atom stereocenters. The molecule has 2 heterocycles. The summed E-state index contributed by atoms with van der Waals surface area (Å²) >= 11 is 6.42. The van der Waals surface area contributed by atoms with Gasteiger partial charge in [0.05, 0.1) is 10.7 Å². The predicted octanol–water partition coefficient (Wildman–Crippen LogP) is 5.13. The van der Waals surface area contributed by atoms with Crippen LogP contribution in [0.15, 0.2) is 41.4 Å². The number of hydrogen-bond donors (Lipinski definition) is 0. The monoisotopic (exact) mass is 510 g/mol. The lowest BCUT2D eigenvalue weighted by molar-refractivity contribution is 0.0251. The van der Waals surface area contributed by atoms with Gasteiger partial charge in [-0.1, -0.05) is 24.6 Å².